The largest absolute Gasteiger partial charge is 0.493 e. The average Bonchev–Trinajstić information content (AvgIpc) is 2.43. The van der Waals surface area contributed by atoms with Crippen LogP contribution < -0.4 is 20.5 Å². The quantitative estimate of drug-likeness (QED) is 0.668. The third kappa shape index (κ3) is 6.95. The number of nitrogens with zero attached hydrogens (tertiary/aromatic N) is 1. The van der Waals surface area contributed by atoms with Gasteiger partial charge >= 0.3 is 0 Å². The molecule has 0 saturated carbocycles. The molecular weight excluding hydrogens is 330 g/mol. The molecule has 0 heterocycles. The van der Waals surface area contributed by atoms with Gasteiger partial charge in [0.1, 0.15) is 0 Å². The molecule has 0 bridgehead atoms. The zero-order valence-corrected chi connectivity index (χ0v) is 15.9. The Morgan fingerprint density at radius 3 is 2.58 bits per heavy atom. The molecule has 6 nitrogen and oxygen atoms in total. The van der Waals surface area contributed by atoms with E-state index in [1.54, 1.807) is 6.07 Å². The molecule has 136 valence electrons. The predicted molar refractivity (Wildman–Crippen MR) is 96.7 cm³/mol. The van der Waals surface area contributed by atoms with Gasteiger partial charge in [0, 0.05) is 19.6 Å². The lowest BCUT2D eigenvalue weighted by molar-refractivity contribution is -0.119. The van der Waals surface area contributed by atoms with Crippen molar-refractivity contribution in [3.05, 3.63) is 22.7 Å². The fraction of sp³-hybridized carbons (Fsp3) is 0.588. The maximum atomic E-state index is 10.9. The summed E-state index contributed by atoms with van der Waals surface area (Å²) >= 11 is 6.24. The van der Waals surface area contributed by atoms with E-state index in [4.69, 9.17) is 26.8 Å². The van der Waals surface area contributed by atoms with Crippen LogP contribution in [0, 0.1) is 5.41 Å². The van der Waals surface area contributed by atoms with Gasteiger partial charge in [-0.1, -0.05) is 25.4 Å². The van der Waals surface area contributed by atoms with E-state index in [9.17, 15) is 4.79 Å². The van der Waals surface area contributed by atoms with Crippen LogP contribution in [-0.2, 0) is 11.3 Å². The number of halogens is 1. The molecular formula is C17H28ClN3O3. The standard InChI is InChI=1S/C17H28ClN3O3/c1-17(2,11-21(3)4)10-20-8-12-6-13(18)16(14(7-12)23-5)24-9-15(19)22/h6-7,20H,8-11H2,1-5H3,(H2,19,22). The third-order valence-corrected chi connectivity index (χ3v) is 3.61. The Morgan fingerprint density at radius 2 is 2.04 bits per heavy atom. The second kappa shape index (κ2) is 9.11. The molecule has 0 aromatic heterocycles. The molecule has 3 N–H and O–H groups in total. The molecule has 1 aromatic rings. The fourth-order valence-electron chi connectivity index (χ4n) is 2.62. The number of hydrogen-bond acceptors (Lipinski definition) is 5. The van der Waals surface area contributed by atoms with Crippen LogP contribution in [0.2, 0.25) is 5.02 Å². The summed E-state index contributed by atoms with van der Waals surface area (Å²) in [4.78, 5) is 13.0. The normalized spacial score (nSPS) is 11.6. The topological polar surface area (TPSA) is 76.8 Å². The summed E-state index contributed by atoms with van der Waals surface area (Å²) < 4.78 is 10.6. The second-order valence-corrected chi connectivity index (χ2v) is 7.28. The third-order valence-electron chi connectivity index (χ3n) is 3.32. The maximum absolute atomic E-state index is 10.9. The highest BCUT2D eigenvalue weighted by Gasteiger charge is 2.19. The minimum Gasteiger partial charge on any atom is -0.493 e. The van der Waals surface area contributed by atoms with Crippen molar-refractivity contribution in [2.45, 2.75) is 20.4 Å². The van der Waals surface area contributed by atoms with E-state index < -0.39 is 5.91 Å². The molecule has 1 amide bonds. The highest BCUT2D eigenvalue weighted by atomic mass is 35.5. The molecule has 0 aliphatic carbocycles. The summed E-state index contributed by atoms with van der Waals surface area (Å²) in [6.07, 6.45) is 0. The van der Waals surface area contributed by atoms with E-state index in [1.165, 1.54) is 7.11 Å². The SMILES string of the molecule is COc1cc(CNCC(C)(C)CN(C)C)cc(Cl)c1OCC(N)=O. The number of carbonyl (C=O) groups excluding carboxylic acids is 1. The second-order valence-electron chi connectivity index (χ2n) is 6.87. The molecule has 24 heavy (non-hydrogen) atoms. The van der Waals surface area contributed by atoms with Crippen LogP contribution in [0.4, 0.5) is 0 Å². The van der Waals surface area contributed by atoms with Crippen LogP contribution in [0.5, 0.6) is 11.5 Å². The Morgan fingerprint density at radius 1 is 1.38 bits per heavy atom. The Balaban J connectivity index is 2.73. The molecule has 0 unspecified atom stereocenters. The zero-order chi connectivity index (χ0) is 18.3. The number of nitrogens with two attached hydrogens (primary N) is 1. The van der Waals surface area contributed by atoms with Gasteiger partial charge in [0.2, 0.25) is 0 Å². The molecule has 1 aromatic carbocycles. The van der Waals surface area contributed by atoms with E-state index in [1.807, 2.05) is 6.07 Å². The van der Waals surface area contributed by atoms with Crippen molar-refractivity contribution in [3.8, 4) is 11.5 Å². The minimum atomic E-state index is -0.568. The van der Waals surface area contributed by atoms with Gasteiger partial charge in [0.05, 0.1) is 12.1 Å². The maximum Gasteiger partial charge on any atom is 0.255 e. The molecule has 0 radical (unpaired) electrons. The number of benzene rings is 1. The summed E-state index contributed by atoms with van der Waals surface area (Å²) in [6, 6.07) is 3.64. The Bertz CT molecular complexity index is 562. The first kappa shape index (κ1) is 20.5. The summed E-state index contributed by atoms with van der Waals surface area (Å²) in [6.45, 7) is 6.70. The van der Waals surface area contributed by atoms with Crippen LogP contribution in [0.15, 0.2) is 12.1 Å². The van der Waals surface area contributed by atoms with Gasteiger partial charge in [-0.3, -0.25) is 4.79 Å². The van der Waals surface area contributed by atoms with Gasteiger partial charge < -0.3 is 25.4 Å². The first-order valence-corrected chi connectivity index (χ1v) is 8.15. The van der Waals surface area contributed by atoms with Crippen molar-refractivity contribution in [2.75, 3.05) is 40.9 Å². The van der Waals surface area contributed by atoms with Crippen LogP contribution in [0.3, 0.4) is 0 Å². The number of rotatable bonds is 10. The van der Waals surface area contributed by atoms with E-state index in [0.29, 0.717) is 23.1 Å². The van der Waals surface area contributed by atoms with Crippen molar-refractivity contribution < 1.29 is 14.3 Å². The molecule has 0 aliphatic heterocycles. The zero-order valence-electron chi connectivity index (χ0n) is 15.1. The van der Waals surface area contributed by atoms with Gasteiger partial charge in [-0.2, -0.15) is 0 Å². The molecule has 0 aliphatic rings. The van der Waals surface area contributed by atoms with E-state index in [0.717, 1.165) is 18.7 Å². The number of nitrogens with one attached hydrogen (secondary N) is 1. The van der Waals surface area contributed by atoms with Crippen LogP contribution >= 0.6 is 11.6 Å². The van der Waals surface area contributed by atoms with E-state index >= 15 is 0 Å². The number of amides is 1. The lowest BCUT2D eigenvalue weighted by atomic mass is 9.93. The smallest absolute Gasteiger partial charge is 0.255 e. The van der Waals surface area contributed by atoms with Gasteiger partial charge in [-0.15, -0.1) is 0 Å². The van der Waals surface area contributed by atoms with E-state index in [-0.39, 0.29) is 12.0 Å². The predicted octanol–water partition coefficient (Wildman–Crippen LogP) is 1.89. The summed E-state index contributed by atoms with van der Waals surface area (Å²) in [5, 5.41) is 3.83. The van der Waals surface area contributed by atoms with Crippen molar-refractivity contribution in [1.82, 2.24) is 10.2 Å². The fourth-order valence-corrected chi connectivity index (χ4v) is 2.90. The molecule has 0 atom stereocenters. The molecule has 1 rings (SSSR count). The molecule has 0 fully saturated rings. The van der Waals surface area contributed by atoms with Gasteiger partial charge in [0.25, 0.3) is 5.91 Å². The van der Waals surface area contributed by atoms with Gasteiger partial charge in [-0.05, 0) is 37.2 Å². The van der Waals surface area contributed by atoms with E-state index in [2.05, 4.69) is 38.2 Å². The first-order valence-electron chi connectivity index (χ1n) is 7.77. The lowest BCUT2D eigenvalue weighted by Crippen LogP contribution is -2.37. The first-order chi connectivity index (χ1) is 11.1. The van der Waals surface area contributed by atoms with Crippen molar-refractivity contribution >= 4 is 17.5 Å². The molecule has 0 saturated heterocycles. The summed E-state index contributed by atoms with van der Waals surface area (Å²) in [7, 11) is 5.66. The Labute approximate surface area is 149 Å². The van der Waals surface area contributed by atoms with Crippen molar-refractivity contribution in [3.63, 3.8) is 0 Å². The Hall–Kier alpha value is -1.50. The highest BCUT2D eigenvalue weighted by Crippen LogP contribution is 2.36. The van der Waals surface area contributed by atoms with Crippen molar-refractivity contribution in [1.29, 1.82) is 0 Å². The molecule has 0 spiro atoms. The number of ether oxygens (including phenoxy) is 2. The Kier molecular flexibility index (Phi) is 7.79. The van der Waals surface area contributed by atoms with Crippen LogP contribution in [0.1, 0.15) is 19.4 Å². The highest BCUT2D eigenvalue weighted by molar-refractivity contribution is 6.32. The number of methoxy groups -OCH3 is 1. The number of carbonyl (C=O) groups is 1. The summed E-state index contributed by atoms with van der Waals surface area (Å²) in [5.41, 5.74) is 6.22. The average molecular weight is 358 g/mol. The number of primary amides is 1. The minimum absolute atomic E-state index is 0.155. The summed E-state index contributed by atoms with van der Waals surface area (Å²) in [5.74, 6) is 0.241. The molecule has 7 heteroatoms. The van der Waals surface area contributed by atoms with Crippen LogP contribution in [0.25, 0.3) is 0 Å². The monoisotopic (exact) mass is 357 g/mol. The van der Waals surface area contributed by atoms with Gasteiger partial charge in [-0.25, -0.2) is 0 Å². The number of hydrogen-bond donors (Lipinski definition) is 2. The van der Waals surface area contributed by atoms with Crippen molar-refractivity contribution in [2.24, 2.45) is 11.1 Å². The van der Waals surface area contributed by atoms with Gasteiger partial charge in [0.15, 0.2) is 18.1 Å². The lowest BCUT2D eigenvalue weighted by Gasteiger charge is -2.28. The van der Waals surface area contributed by atoms with Crippen LogP contribution in [-0.4, -0.2) is 51.7 Å².